The summed E-state index contributed by atoms with van der Waals surface area (Å²) in [5, 5.41) is 2.94. The Bertz CT molecular complexity index is 1090. The van der Waals surface area contributed by atoms with Gasteiger partial charge in [-0.05, 0) is 55.9 Å². The highest BCUT2D eigenvalue weighted by Crippen LogP contribution is 2.25. The minimum atomic E-state index is -3.74. The second kappa shape index (κ2) is 13.3. The number of hydrogen-bond acceptors (Lipinski definition) is 4. The summed E-state index contributed by atoms with van der Waals surface area (Å²) in [5.74, 6) is -0.607. The maximum atomic E-state index is 13.7. The van der Waals surface area contributed by atoms with Crippen LogP contribution in [0, 0.1) is 13.8 Å². The molecular formula is C27H39N3O4S. The Morgan fingerprint density at radius 3 is 2.29 bits per heavy atom. The zero-order valence-electron chi connectivity index (χ0n) is 21.6. The molecule has 2 rings (SSSR count). The molecule has 192 valence electrons. The lowest BCUT2D eigenvalue weighted by Gasteiger charge is -2.33. The summed E-state index contributed by atoms with van der Waals surface area (Å²) >= 11 is 0. The predicted octanol–water partition coefficient (Wildman–Crippen LogP) is 3.84. The van der Waals surface area contributed by atoms with E-state index in [9.17, 15) is 18.0 Å². The summed E-state index contributed by atoms with van der Waals surface area (Å²) in [6.45, 7) is 8.16. The van der Waals surface area contributed by atoms with Gasteiger partial charge in [0.25, 0.3) is 0 Å². The smallest absolute Gasteiger partial charge is 0.244 e. The van der Waals surface area contributed by atoms with Crippen LogP contribution < -0.4 is 9.62 Å². The standard InChI is InChI=1S/C27H39N3O4S/c1-6-8-18-28-27(32)24(7-2)29(19-17-23-14-10-9-11-15-23)26(31)20-30(35(5,33)34)25-16-12-13-21(3)22(25)4/h9-16,24H,6-8,17-20H2,1-5H3,(H,28,32). The van der Waals surface area contributed by atoms with E-state index in [0.29, 0.717) is 31.6 Å². The molecule has 0 aliphatic heterocycles. The Labute approximate surface area is 210 Å². The van der Waals surface area contributed by atoms with Gasteiger partial charge in [0.05, 0.1) is 11.9 Å². The number of amides is 2. The van der Waals surface area contributed by atoms with Crippen LogP contribution in [0.25, 0.3) is 0 Å². The van der Waals surface area contributed by atoms with Gasteiger partial charge in [0.2, 0.25) is 21.8 Å². The highest BCUT2D eigenvalue weighted by atomic mass is 32.2. The predicted molar refractivity (Wildman–Crippen MR) is 142 cm³/mol. The SMILES string of the molecule is CCCCNC(=O)C(CC)N(CCc1ccccc1)C(=O)CN(c1cccc(C)c1C)S(C)(=O)=O. The second-order valence-corrected chi connectivity index (χ2v) is 10.8. The van der Waals surface area contributed by atoms with E-state index in [0.717, 1.165) is 40.1 Å². The van der Waals surface area contributed by atoms with Gasteiger partial charge < -0.3 is 10.2 Å². The molecule has 1 unspecified atom stereocenters. The van der Waals surface area contributed by atoms with Gasteiger partial charge in [-0.25, -0.2) is 8.42 Å². The van der Waals surface area contributed by atoms with Crippen LogP contribution >= 0.6 is 0 Å². The molecule has 1 N–H and O–H groups in total. The van der Waals surface area contributed by atoms with E-state index >= 15 is 0 Å². The number of nitrogens with zero attached hydrogens (tertiary/aromatic N) is 2. The number of nitrogens with one attached hydrogen (secondary N) is 1. The van der Waals surface area contributed by atoms with E-state index in [-0.39, 0.29) is 12.5 Å². The highest BCUT2D eigenvalue weighted by molar-refractivity contribution is 7.92. The van der Waals surface area contributed by atoms with Crippen LogP contribution in [0.1, 0.15) is 49.8 Å². The van der Waals surface area contributed by atoms with Crippen molar-refractivity contribution in [2.45, 2.75) is 59.4 Å². The van der Waals surface area contributed by atoms with Gasteiger partial charge in [-0.1, -0.05) is 62.7 Å². The van der Waals surface area contributed by atoms with Crippen molar-refractivity contribution in [1.82, 2.24) is 10.2 Å². The Balaban J connectivity index is 2.37. The molecule has 0 spiro atoms. The third kappa shape index (κ3) is 8.09. The molecule has 2 aromatic carbocycles. The summed E-state index contributed by atoms with van der Waals surface area (Å²) < 4.78 is 26.7. The van der Waals surface area contributed by atoms with Crippen LogP contribution in [-0.2, 0) is 26.0 Å². The molecule has 0 aromatic heterocycles. The summed E-state index contributed by atoms with van der Waals surface area (Å²) in [5.41, 5.74) is 3.25. The third-order valence-corrected chi connectivity index (χ3v) is 7.35. The molecule has 0 fully saturated rings. The van der Waals surface area contributed by atoms with Crippen molar-refractivity contribution in [1.29, 1.82) is 0 Å². The molecule has 0 saturated heterocycles. The normalized spacial score (nSPS) is 12.1. The molecule has 0 bridgehead atoms. The van der Waals surface area contributed by atoms with Crippen molar-refractivity contribution >= 4 is 27.5 Å². The number of carbonyl (C=O) groups is 2. The number of rotatable bonds is 13. The molecule has 0 aliphatic rings. The first-order valence-corrected chi connectivity index (χ1v) is 14.1. The fourth-order valence-electron chi connectivity index (χ4n) is 4.00. The van der Waals surface area contributed by atoms with Gasteiger partial charge in [-0.3, -0.25) is 13.9 Å². The number of anilines is 1. The number of carbonyl (C=O) groups excluding carboxylic acids is 2. The fourth-order valence-corrected chi connectivity index (χ4v) is 4.90. The minimum Gasteiger partial charge on any atom is -0.354 e. The largest absolute Gasteiger partial charge is 0.354 e. The second-order valence-electron chi connectivity index (χ2n) is 8.88. The molecule has 0 aliphatic carbocycles. The average Bonchev–Trinajstić information content (AvgIpc) is 2.82. The van der Waals surface area contributed by atoms with Crippen LogP contribution in [0.15, 0.2) is 48.5 Å². The van der Waals surface area contributed by atoms with Crippen molar-refractivity contribution in [3.05, 3.63) is 65.2 Å². The van der Waals surface area contributed by atoms with Crippen molar-refractivity contribution in [3.63, 3.8) is 0 Å². The number of sulfonamides is 1. The van der Waals surface area contributed by atoms with Crippen LogP contribution in [0.4, 0.5) is 5.69 Å². The highest BCUT2D eigenvalue weighted by Gasteiger charge is 2.31. The quantitative estimate of drug-likeness (QED) is 0.423. The van der Waals surface area contributed by atoms with Gasteiger partial charge >= 0.3 is 0 Å². The third-order valence-electron chi connectivity index (χ3n) is 6.22. The first-order valence-electron chi connectivity index (χ1n) is 12.2. The topological polar surface area (TPSA) is 86.8 Å². The van der Waals surface area contributed by atoms with Gasteiger partial charge in [-0.15, -0.1) is 0 Å². The van der Waals surface area contributed by atoms with Crippen molar-refractivity contribution in [2.24, 2.45) is 0 Å². The number of benzene rings is 2. The lowest BCUT2D eigenvalue weighted by atomic mass is 10.1. The zero-order chi connectivity index (χ0) is 26.0. The molecule has 0 heterocycles. The van der Waals surface area contributed by atoms with Crippen molar-refractivity contribution < 1.29 is 18.0 Å². The molecule has 7 nitrogen and oxygen atoms in total. The van der Waals surface area contributed by atoms with Crippen LogP contribution in [-0.4, -0.2) is 57.1 Å². The molecule has 0 saturated carbocycles. The Morgan fingerprint density at radius 1 is 1.00 bits per heavy atom. The number of hydrogen-bond donors (Lipinski definition) is 1. The van der Waals surface area contributed by atoms with E-state index in [1.807, 2.05) is 64.1 Å². The van der Waals surface area contributed by atoms with E-state index in [1.54, 1.807) is 12.1 Å². The van der Waals surface area contributed by atoms with Crippen LogP contribution in [0.2, 0.25) is 0 Å². The summed E-state index contributed by atoms with van der Waals surface area (Å²) in [6.07, 6.45) is 3.90. The van der Waals surface area contributed by atoms with E-state index in [2.05, 4.69) is 5.32 Å². The number of aryl methyl sites for hydroxylation is 1. The van der Waals surface area contributed by atoms with E-state index in [4.69, 9.17) is 0 Å². The monoisotopic (exact) mass is 501 g/mol. The van der Waals surface area contributed by atoms with Crippen LogP contribution in [0.5, 0.6) is 0 Å². The molecule has 8 heteroatoms. The minimum absolute atomic E-state index is 0.208. The van der Waals surface area contributed by atoms with Gasteiger partial charge in [0, 0.05) is 13.1 Å². The van der Waals surface area contributed by atoms with Crippen LogP contribution in [0.3, 0.4) is 0 Å². The molecule has 0 radical (unpaired) electrons. The summed E-state index contributed by atoms with van der Waals surface area (Å²) in [4.78, 5) is 28.2. The number of unbranched alkanes of at least 4 members (excludes halogenated alkanes) is 1. The van der Waals surface area contributed by atoms with Gasteiger partial charge in [0.15, 0.2) is 0 Å². The first kappa shape index (κ1) is 28.4. The maximum absolute atomic E-state index is 13.7. The lowest BCUT2D eigenvalue weighted by Crippen LogP contribution is -2.53. The van der Waals surface area contributed by atoms with E-state index < -0.39 is 22.0 Å². The first-order chi connectivity index (χ1) is 16.6. The molecule has 2 aromatic rings. The molecular weight excluding hydrogens is 462 g/mol. The molecule has 35 heavy (non-hydrogen) atoms. The van der Waals surface area contributed by atoms with Crippen molar-refractivity contribution in [2.75, 3.05) is 30.2 Å². The Hall–Kier alpha value is -2.87. The summed E-state index contributed by atoms with van der Waals surface area (Å²) in [6, 6.07) is 14.5. The summed E-state index contributed by atoms with van der Waals surface area (Å²) in [7, 11) is -3.74. The van der Waals surface area contributed by atoms with E-state index in [1.165, 1.54) is 4.90 Å². The van der Waals surface area contributed by atoms with Gasteiger partial charge in [-0.2, -0.15) is 0 Å². The van der Waals surface area contributed by atoms with Crippen molar-refractivity contribution in [3.8, 4) is 0 Å². The average molecular weight is 502 g/mol. The maximum Gasteiger partial charge on any atom is 0.244 e. The van der Waals surface area contributed by atoms with Gasteiger partial charge in [0.1, 0.15) is 12.6 Å². The fraction of sp³-hybridized carbons (Fsp3) is 0.481. The molecule has 1 atom stereocenters. The Morgan fingerprint density at radius 2 is 1.69 bits per heavy atom. The zero-order valence-corrected chi connectivity index (χ0v) is 22.4. The Kier molecular flexibility index (Phi) is 10.8. The lowest BCUT2D eigenvalue weighted by molar-refractivity contribution is -0.139. The molecule has 2 amide bonds.